The number of carbonyl (C=O) groups is 3. The van der Waals surface area contributed by atoms with E-state index in [0.717, 1.165) is 23.0 Å². The first kappa shape index (κ1) is 31.1. The number of anilines is 1. The van der Waals surface area contributed by atoms with Crippen LogP contribution < -0.4 is 14.8 Å². The van der Waals surface area contributed by atoms with Crippen molar-refractivity contribution in [1.82, 2.24) is 4.90 Å². The lowest BCUT2D eigenvalue weighted by Crippen LogP contribution is -2.36. The molecule has 0 bridgehead atoms. The third kappa shape index (κ3) is 7.52. The molecule has 0 spiro atoms. The molecule has 0 aliphatic carbocycles. The molecule has 0 saturated carbocycles. The predicted octanol–water partition coefficient (Wildman–Crippen LogP) is 7.04. The van der Waals surface area contributed by atoms with Crippen molar-refractivity contribution in [3.8, 4) is 17.2 Å². The van der Waals surface area contributed by atoms with Crippen molar-refractivity contribution in [2.24, 2.45) is 0 Å². The van der Waals surface area contributed by atoms with E-state index in [9.17, 15) is 37.7 Å². The second kappa shape index (κ2) is 13.0. The highest BCUT2D eigenvalue weighted by atomic mass is 32.2. The number of nitrogens with one attached hydrogen (secondary N) is 1. The Kier molecular flexibility index (Phi) is 9.39. The van der Waals surface area contributed by atoms with Crippen molar-refractivity contribution in [3.05, 3.63) is 92.4 Å². The Morgan fingerprint density at radius 3 is 2.35 bits per heavy atom. The molecule has 3 aromatic rings. The molecule has 1 aliphatic heterocycles. The van der Waals surface area contributed by atoms with Crippen LogP contribution in [0.2, 0.25) is 0 Å². The van der Waals surface area contributed by atoms with Crippen LogP contribution in [0.3, 0.4) is 0 Å². The number of hydrogen-bond acceptors (Lipinski definition) is 8. The van der Waals surface area contributed by atoms with Gasteiger partial charge in [-0.25, -0.2) is 0 Å². The molecule has 0 aromatic heterocycles. The zero-order valence-corrected chi connectivity index (χ0v) is 23.6. The molecule has 14 heteroatoms. The van der Waals surface area contributed by atoms with Gasteiger partial charge in [-0.3, -0.25) is 29.4 Å². The molecular formula is C29H24F3N3O7S. The number of imide groups is 1. The first-order chi connectivity index (χ1) is 20.4. The standard InChI is InChI=1S/C29H24F3N3O7S/c1-3-17-5-9-20(10-6-17)33-26(36)16-34-27(37)25(43-28(34)38)14-18-7-11-23(24(13-18)41-4-2)42-22-12-8-19(29(30,31)32)15-21(22)35(39)40/h5-15H,3-4,16H2,1-2H3,(H,33,36)/b25-14+. The van der Waals surface area contributed by atoms with E-state index in [2.05, 4.69) is 5.32 Å². The van der Waals surface area contributed by atoms with Gasteiger partial charge in [-0.1, -0.05) is 25.1 Å². The molecule has 1 fully saturated rings. The minimum Gasteiger partial charge on any atom is -0.490 e. The van der Waals surface area contributed by atoms with E-state index in [1.54, 1.807) is 19.1 Å². The van der Waals surface area contributed by atoms with Gasteiger partial charge in [0.2, 0.25) is 11.7 Å². The number of alkyl halides is 3. The van der Waals surface area contributed by atoms with Gasteiger partial charge in [0.15, 0.2) is 11.5 Å². The number of rotatable bonds is 10. The molecule has 224 valence electrons. The van der Waals surface area contributed by atoms with Gasteiger partial charge >= 0.3 is 11.9 Å². The molecule has 3 amide bonds. The van der Waals surface area contributed by atoms with Gasteiger partial charge in [0.1, 0.15) is 6.54 Å². The number of benzene rings is 3. The van der Waals surface area contributed by atoms with Crippen LogP contribution in [0.5, 0.6) is 17.2 Å². The topological polar surface area (TPSA) is 128 Å². The van der Waals surface area contributed by atoms with Crippen LogP contribution >= 0.6 is 11.8 Å². The van der Waals surface area contributed by atoms with Crippen molar-refractivity contribution < 1.29 is 42.0 Å². The third-order valence-corrected chi connectivity index (χ3v) is 7.00. The predicted molar refractivity (Wildman–Crippen MR) is 153 cm³/mol. The van der Waals surface area contributed by atoms with E-state index >= 15 is 0 Å². The Balaban J connectivity index is 1.52. The summed E-state index contributed by atoms with van der Waals surface area (Å²) in [5, 5.41) is 13.5. The molecule has 0 unspecified atom stereocenters. The maximum Gasteiger partial charge on any atom is 0.416 e. The summed E-state index contributed by atoms with van der Waals surface area (Å²) in [6.45, 7) is 3.31. The van der Waals surface area contributed by atoms with Gasteiger partial charge in [0.25, 0.3) is 11.1 Å². The first-order valence-electron chi connectivity index (χ1n) is 12.8. The van der Waals surface area contributed by atoms with Crippen molar-refractivity contribution >= 4 is 46.3 Å². The Hall–Kier alpha value is -4.85. The second-order valence-electron chi connectivity index (χ2n) is 9.05. The quantitative estimate of drug-likeness (QED) is 0.146. The number of thioether (sulfide) groups is 1. The molecule has 0 radical (unpaired) electrons. The number of nitro groups is 1. The van der Waals surface area contributed by atoms with Crippen LogP contribution in [-0.2, 0) is 22.2 Å². The first-order valence-corrected chi connectivity index (χ1v) is 13.7. The molecule has 1 N–H and O–H groups in total. The summed E-state index contributed by atoms with van der Waals surface area (Å²) in [7, 11) is 0. The van der Waals surface area contributed by atoms with E-state index < -0.39 is 51.7 Å². The molecule has 4 rings (SSSR count). The van der Waals surface area contributed by atoms with Crippen LogP contribution in [0.1, 0.15) is 30.5 Å². The van der Waals surface area contributed by atoms with Crippen molar-refractivity contribution in [1.29, 1.82) is 0 Å². The third-order valence-electron chi connectivity index (χ3n) is 6.09. The number of nitro benzene ring substituents is 1. The Bertz CT molecular complexity index is 1610. The van der Waals surface area contributed by atoms with E-state index in [4.69, 9.17) is 9.47 Å². The minimum absolute atomic E-state index is 0.0291. The number of hydrogen-bond donors (Lipinski definition) is 1. The van der Waals surface area contributed by atoms with Crippen molar-refractivity contribution in [2.75, 3.05) is 18.5 Å². The van der Waals surface area contributed by atoms with Crippen molar-refractivity contribution in [3.63, 3.8) is 0 Å². The SMILES string of the molecule is CCOc1cc(/C=C2/SC(=O)N(CC(=O)Nc3ccc(CC)cc3)C2=O)ccc1Oc1ccc(C(F)(F)F)cc1[N+](=O)[O-]. The van der Waals surface area contributed by atoms with Crippen LogP contribution in [0.25, 0.3) is 6.08 Å². The summed E-state index contributed by atoms with van der Waals surface area (Å²) in [5.74, 6) is -1.61. The molecular weight excluding hydrogens is 591 g/mol. The molecule has 10 nitrogen and oxygen atoms in total. The highest BCUT2D eigenvalue weighted by molar-refractivity contribution is 8.18. The monoisotopic (exact) mass is 615 g/mol. The van der Waals surface area contributed by atoms with E-state index in [-0.39, 0.29) is 23.0 Å². The van der Waals surface area contributed by atoms with Gasteiger partial charge in [-0.2, -0.15) is 13.2 Å². The fraction of sp³-hybridized carbons (Fsp3) is 0.207. The lowest BCUT2D eigenvalue weighted by Gasteiger charge is -2.14. The molecule has 1 saturated heterocycles. The fourth-order valence-electron chi connectivity index (χ4n) is 3.96. The average molecular weight is 616 g/mol. The van der Waals surface area contributed by atoms with E-state index in [1.807, 2.05) is 19.1 Å². The summed E-state index contributed by atoms with van der Waals surface area (Å²) < 4.78 is 50.3. The van der Waals surface area contributed by atoms with Crippen LogP contribution in [0.4, 0.5) is 29.3 Å². The minimum atomic E-state index is -4.79. The van der Waals surface area contributed by atoms with E-state index in [0.29, 0.717) is 35.1 Å². The zero-order valence-electron chi connectivity index (χ0n) is 22.8. The lowest BCUT2D eigenvalue weighted by molar-refractivity contribution is -0.385. The van der Waals surface area contributed by atoms with Crippen molar-refractivity contribution in [2.45, 2.75) is 26.4 Å². The molecule has 1 heterocycles. The summed E-state index contributed by atoms with van der Waals surface area (Å²) in [6, 6.07) is 13.3. The van der Waals surface area contributed by atoms with Crippen LogP contribution in [-0.4, -0.2) is 40.0 Å². The highest BCUT2D eigenvalue weighted by Gasteiger charge is 2.36. The normalized spacial score (nSPS) is 14.3. The second-order valence-corrected chi connectivity index (χ2v) is 10.0. The molecule has 0 atom stereocenters. The maximum absolute atomic E-state index is 13.1. The van der Waals surface area contributed by atoms with Gasteiger partial charge in [-0.05, 0) is 78.7 Å². The average Bonchev–Trinajstić information content (AvgIpc) is 3.21. The van der Waals surface area contributed by atoms with Gasteiger partial charge in [0, 0.05) is 11.8 Å². The number of amides is 3. The smallest absolute Gasteiger partial charge is 0.416 e. The lowest BCUT2D eigenvalue weighted by atomic mass is 10.1. The Morgan fingerprint density at radius 2 is 1.72 bits per heavy atom. The molecule has 43 heavy (non-hydrogen) atoms. The molecule has 1 aliphatic rings. The van der Waals surface area contributed by atoms with Crippen LogP contribution in [0.15, 0.2) is 65.6 Å². The molecule has 3 aromatic carbocycles. The zero-order chi connectivity index (χ0) is 31.3. The number of aryl methyl sites for hydroxylation is 1. The number of nitrogens with zero attached hydrogens (tertiary/aromatic N) is 2. The summed E-state index contributed by atoms with van der Waals surface area (Å²) in [4.78, 5) is 49.3. The summed E-state index contributed by atoms with van der Waals surface area (Å²) >= 11 is 0.644. The number of halogens is 3. The summed E-state index contributed by atoms with van der Waals surface area (Å²) in [5.41, 5.74) is -0.0936. The maximum atomic E-state index is 13.1. The highest BCUT2D eigenvalue weighted by Crippen LogP contribution is 2.41. The summed E-state index contributed by atoms with van der Waals surface area (Å²) in [6.07, 6.45) is -2.55. The number of ether oxygens (including phenoxy) is 2. The van der Waals surface area contributed by atoms with Gasteiger partial charge < -0.3 is 14.8 Å². The van der Waals surface area contributed by atoms with E-state index in [1.165, 1.54) is 24.3 Å². The fourth-order valence-corrected chi connectivity index (χ4v) is 4.80. The largest absolute Gasteiger partial charge is 0.490 e. The van der Waals surface area contributed by atoms with Crippen LogP contribution in [0, 0.1) is 10.1 Å². The number of carbonyl (C=O) groups excluding carboxylic acids is 3. The Morgan fingerprint density at radius 1 is 1.02 bits per heavy atom. The van der Waals surface area contributed by atoms with Gasteiger partial charge in [0.05, 0.1) is 22.0 Å². The van der Waals surface area contributed by atoms with Gasteiger partial charge in [-0.15, -0.1) is 0 Å². The Labute approximate surface area is 247 Å².